The van der Waals surface area contributed by atoms with E-state index in [0.29, 0.717) is 10.0 Å². The Kier molecular flexibility index (Phi) is 5.96. The van der Waals surface area contributed by atoms with Gasteiger partial charge in [-0.3, -0.25) is 25.0 Å². The summed E-state index contributed by atoms with van der Waals surface area (Å²) >= 11 is 3.17. The third-order valence-electron chi connectivity index (χ3n) is 3.20. The van der Waals surface area contributed by atoms with Crippen molar-refractivity contribution in [2.24, 2.45) is 5.10 Å². The lowest BCUT2D eigenvalue weighted by Crippen LogP contribution is -2.18. The molecule has 0 bridgehead atoms. The fraction of sp³-hybridized carbons (Fsp3) is 0.0667. The molecule has 10 nitrogen and oxygen atoms in total. The molecule has 0 unspecified atom stereocenters. The van der Waals surface area contributed by atoms with E-state index in [1.807, 2.05) is 0 Å². The molecule has 1 amide bonds. The summed E-state index contributed by atoms with van der Waals surface area (Å²) in [6, 6.07) is 7.64. The van der Waals surface area contributed by atoms with E-state index in [1.165, 1.54) is 43.7 Å². The number of amides is 1. The number of methoxy groups -OCH3 is 1. The molecule has 0 heterocycles. The van der Waals surface area contributed by atoms with Gasteiger partial charge in [-0.15, -0.1) is 0 Å². The molecule has 0 aliphatic carbocycles. The van der Waals surface area contributed by atoms with Crippen LogP contribution in [-0.2, 0) is 0 Å². The number of hydrazone groups is 1. The predicted molar refractivity (Wildman–Crippen MR) is 95.5 cm³/mol. The quantitative estimate of drug-likeness (QED) is 0.431. The summed E-state index contributed by atoms with van der Waals surface area (Å²) in [5.74, 6) is -0.556. The smallest absolute Gasteiger partial charge is 0.275 e. The number of nitrogens with zero attached hydrogens (tertiary/aromatic N) is 3. The van der Waals surface area contributed by atoms with Gasteiger partial charge in [-0.05, 0) is 28.1 Å². The van der Waals surface area contributed by atoms with Crippen LogP contribution in [0, 0.1) is 20.2 Å². The average Bonchev–Trinajstić information content (AvgIpc) is 2.62. The van der Waals surface area contributed by atoms with Gasteiger partial charge in [-0.25, -0.2) is 5.43 Å². The summed E-state index contributed by atoms with van der Waals surface area (Å²) in [6.45, 7) is 0. The second kappa shape index (κ2) is 8.16. The Morgan fingerprint density at radius 1 is 1.15 bits per heavy atom. The molecule has 11 heteroatoms. The summed E-state index contributed by atoms with van der Waals surface area (Å²) in [7, 11) is 1.33. The van der Waals surface area contributed by atoms with E-state index in [9.17, 15) is 25.0 Å². The van der Waals surface area contributed by atoms with Gasteiger partial charge in [0.2, 0.25) is 0 Å². The third kappa shape index (κ3) is 4.39. The maximum atomic E-state index is 12.2. The maximum Gasteiger partial charge on any atom is 0.275 e. The first-order valence-electron chi connectivity index (χ1n) is 6.93. The molecular formula is C15H11BrN4O6. The molecule has 0 fully saturated rings. The van der Waals surface area contributed by atoms with Gasteiger partial charge >= 0.3 is 0 Å². The van der Waals surface area contributed by atoms with Gasteiger partial charge in [0.15, 0.2) is 0 Å². The number of carbonyl (C=O) groups is 1. The van der Waals surface area contributed by atoms with Gasteiger partial charge in [0, 0.05) is 34.3 Å². The summed E-state index contributed by atoms with van der Waals surface area (Å²) in [5, 5.41) is 25.3. The SMILES string of the molecule is COc1ccc([N+](=O)[O-])cc1C(=O)N/N=C\c1ccc([N+](=O)[O-])cc1Br. The summed E-state index contributed by atoms with van der Waals surface area (Å²) in [6.07, 6.45) is 1.27. The van der Waals surface area contributed by atoms with Crippen LogP contribution in [0.5, 0.6) is 5.75 Å². The van der Waals surface area contributed by atoms with Crippen molar-refractivity contribution in [1.82, 2.24) is 5.43 Å². The molecule has 0 saturated carbocycles. The number of halogens is 1. The van der Waals surface area contributed by atoms with E-state index < -0.39 is 15.8 Å². The van der Waals surface area contributed by atoms with Gasteiger partial charge in [0.1, 0.15) is 5.75 Å². The largest absolute Gasteiger partial charge is 0.496 e. The maximum absolute atomic E-state index is 12.2. The zero-order valence-corrected chi connectivity index (χ0v) is 14.8. The topological polar surface area (TPSA) is 137 Å². The van der Waals surface area contributed by atoms with E-state index in [1.54, 1.807) is 0 Å². The molecule has 1 N–H and O–H groups in total. The van der Waals surface area contributed by atoms with E-state index in [4.69, 9.17) is 4.74 Å². The molecule has 2 aromatic rings. The van der Waals surface area contributed by atoms with Crippen molar-refractivity contribution in [2.45, 2.75) is 0 Å². The first-order chi connectivity index (χ1) is 12.3. The van der Waals surface area contributed by atoms with Crippen molar-refractivity contribution in [3.63, 3.8) is 0 Å². The van der Waals surface area contributed by atoms with Crippen LogP contribution in [0.25, 0.3) is 0 Å². The van der Waals surface area contributed by atoms with Crippen molar-refractivity contribution in [1.29, 1.82) is 0 Å². The van der Waals surface area contributed by atoms with Crippen LogP contribution in [0.2, 0.25) is 0 Å². The van der Waals surface area contributed by atoms with Crippen molar-refractivity contribution in [3.8, 4) is 5.75 Å². The van der Waals surface area contributed by atoms with Crippen LogP contribution in [-0.4, -0.2) is 29.1 Å². The number of hydrogen-bond acceptors (Lipinski definition) is 7. The normalized spacial score (nSPS) is 10.5. The zero-order chi connectivity index (χ0) is 19.3. The number of ether oxygens (including phenoxy) is 1. The lowest BCUT2D eigenvalue weighted by Gasteiger charge is -2.06. The Morgan fingerprint density at radius 3 is 2.35 bits per heavy atom. The number of hydrogen-bond donors (Lipinski definition) is 1. The fourth-order valence-electron chi connectivity index (χ4n) is 1.94. The first-order valence-corrected chi connectivity index (χ1v) is 7.72. The van der Waals surface area contributed by atoms with Crippen LogP contribution >= 0.6 is 15.9 Å². The summed E-state index contributed by atoms with van der Waals surface area (Å²) < 4.78 is 5.43. The number of nitro groups is 2. The lowest BCUT2D eigenvalue weighted by molar-refractivity contribution is -0.385. The number of carbonyl (C=O) groups excluding carboxylic acids is 1. The standard InChI is InChI=1S/C15H11BrN4O6/c1-26-14-5-4-10(19(22)23)6-12(14)15(21)18-17-8-9-2-3-11(20(24)25)7-13(9)16/h2-8H,1H3,(H,18,21)/b17-8-. The molecule has 0 saturated heterocycles. The van der Waals surface area contributed by atoms with Crippen LogP contribution < -0.4 is 10.2 Å². The monoisotopic (exact) mass is 422 g/mol. The number of rotatable bonds is 6. The Balaban J connectivity index is 2.18. The number of non-ortho nitro benzene ring substituents is 2. The molecule has 2 aromatic carbocycles. The van der Waals surface area contributed by atoms with Crippen molar-refractivity contribution < 1.29 is 19.4 Å². The highest BCUT2D eigenvalue weighted by molar-refractivity contribution is 9.10. The van der Waals surface area contributed by atoms with E-state index in [-0.39, 0.29) is 22.7 Å². The van der Waals surface area contributed by atoms with Gasteiger partial charge < -0.3 is 4.74 Å². The minimum Gasteiger partial charge on any atom is -0.496 e. The second-order valence-electron chi connectivity index (χ2n) is 4.80. The Hall–Kier alpha value is -3.34. The molecule has 0 spiro atoms. The molecule has 0 atom stereocenters. The van der Waals surface area contributed by atoms with Crippen molar-refractivity contribution in [2.75, 3.05) is 7.11 Å². The number of nitrogens with one attached hydrogen (secondary N) is 1. The number of nitro benzene ring substituents is 2. The van der Waals surface area contributed by atoms with Gasteiger partial charge in [0.25, 0.3) is 17.3 Å². The molecule has 0 aromatic heterocycles. The minimum absolute atomic E-state index is 0.0541. The van der Waals surface area contributed by atoms with Crippen LogP contribution in [0.3, 0.4) is 0 Å². The average molecular weight is 423 g/mol. The van der Waals surface area contributed by atoms with Crippen LogP contribution in [0.4, 0.5) is 11.4 Å². The Labute approximate surface area is 154 Å². The fourth-order valence-corrected chi connectivity index (χ4v) is 2.41. The highest BCUT2D eigenvalue weighted by Crippen LogP contribution is 2.24. The highest BCUT2D eigenvalue weighted by Gasteiger charge is 2.17. The molecule has 0 aliphatic rings. The summed E-state index contributed by atoms with van der Waals surface area (Å²) in [5.41, 5.74) is 2.30. The van der Waals surface area contributed by atoms with Crippen LogP contribution in [0.15, 0.2) is 46.0 Å². The van der Waals surface area contributed by atoms with Crippen molar-refractivity contribution >= 4 is 39.4 Å². The third-order valence-corrected chi connectivity index (χ3v) is 3.89. The second-order valence-corrected chi connectivity index (χ2v) is 5.66. The van der Waals surface area contributed by atoms with Gasteiger partial charge in [-0.1, -0.05) is 0 Å². The lowest BCUT2D eigenvalue weighted by atomic mass is 10.1. The molecular weight excluding hydrogens is 412 g/mol. The molecule has 0 aliphatic heterocycles. The summed E-state index contributed by atoms with van der Waals surface area (Å²) in [4.78, 5) is 32.6. The van der Waals surface area contributed by atoms with E-state index in [0.717, 1.165) is 6.07 Å². The Morgan fingerprint density at radius 2 is 1.77 bits per heavy atom. The minimum atomic E-state index is -0.708. The van der Waals surface area contributed by atoms with E-state index in [2.05, 4.69) is 26.5 Å². The van der Waals surface area contributed by atoms with Gasteiger partial charge in [-0.2, -0.15) is 5.10 Å². The molecule has 0 radical (unpaired) electrons. The molecule has 134 valence electrons. The first kappa shape index (κ1) is 19.0. The number of benzene rings is 2. The van der Waals surface area contributed by atoms with Gasteiger partial charge in [0.05, 0.1) is 28.7 Å². The molecule has 26 heavy (non-hydrogen) atoms. The van der Waals surface area contributed by atoms with Crippen molar-refractivity contribution in [3.05, 3.63) is 72.2 Å². The van der Waals surface area contributed by atoms with E-state index >= 15 is 0 Å². The Bertz CT molecular complexity index is 915. The van der Waals surface area contributed by atoms with Crippen LogP contribution in [0.1, 0.15) is 15.9 Å². The molecule has 2 rings (SSSR count). The highest BCUT2D eigenvalue weighted by atomic mass is 79.9. The zero-order valence-electron chi connectivity index (χ0n) is 13.2. The predicted octanol–water partition coefficient (Wildman–Crippen LogP) is 3.04.